The van der Waals surface area contributed by atoms with Gasteiger partial charge in [0.05, 0.1) is 37.2 Å². The summed E-state index contributed by atoms with van der Waals surface area (Å²) in [6.07, 6.45) is 2.11. The SMILES string of the molecule is CCOC(=O)CCS(=O)(=O)N[C@H]1CC[C@H](C2=C(C(=O)OC)C(c3ccc(F)cc3Cl)N(C(=O)OC(C)(C)C)C(c3nccs3)=N2)CC1. The molecule has 1 fully saturated rings. The molecule has 1 aliphatic carbocycles. The molecule has 1 N–H and O–H groups in total. The third-order valence-corrected chi connectivity index (χ3v) is 10.0. The van der Waals surface area contributed by atoms with Crippen LogP contribution in [0.3, 0.4) is 0 Å². The molecule has 1 aromatic heterocycles. The van der Waals surface area contributed by atoms with Crippen LogP contribution < -0.4 is 4.72 Å². The molecule has 1 unspecified atom stereocenters. The van der Waals surface area contributed by atoms with Crippen molar-refractivity contribution in [3.63, 3.8) is 0 Å². The number of rotatable bonds is 10. The summed E-state index contributed by atoms with van der Waals surface area (Å²) in [5.41, 5.74) is -0.343. The first-order valence-corrected chi connectivity index (χ1v) is 18.0. The van der Waals surface area contributed by atoms with Crippen molar-refractivity contribution >= 4 is 56.8 Å². The third-order valence-electron chi connectivity index (χ3n) is 7.48. The van der Waals surface area contributed by atoms with Crippen molar-refractivity contribution in [1.82, 2.24) is 14.6 Å². The molecular formula is C31H38ClFN4O8S2. The van der Waals surface area contributed by atoms with Gasteiger partial charge in [0.1, 0.15) is 17.5 Å². The van der Waals surface area contributed by atoms with Crippen molar-refractivity contribution in [2.45, 2.75) is 77.5 Å². The predicted octanol–water partition coefficient (Wildman–Crippen LogP) is 5.53. The van der Waals surface area contributed by atoms with E-state index in [1.54, 1.807) is 39.3 Å². The number of nitrogens with zero attached hydrogens (tertiary/aromatic N) is 3. The Morgan fingerprint density at radius 3 is 2.45 bits per heavy atom. The van der Waals surface area contributed by atoms with Crippen LogP contribution in [0.5, 0.6) is 0 Å². The Labute approximate surface area is 282 Å². The lowest BCUT2D eigenvalue weighted by molar-refractivity contribution is -0.142. The Hall–Kier alpha value is -3.40. The number of hydrogen-bond acceptors (Lipinski definition) is 11. The Bertz CT molecular complexity index is 1650. The molecule has 1 aliphatic heterocycles. The number of carbonyl (C=O) groups excluding carboxylic acids is 3. The minimum absolute atomic E-state index is 0.0191. The minimum atomic E-state index is -3.76. The standard InChI is InChI=1S/C31H38ClFN4O8S2/c1-6-44-23(38)13-16-47(41,42)36-20-10-7-18(8-11-20)25-24(29(39)43-5)26(21-12-9-19(33)17-22(21)32)37(30(40)45-31(2,3)4)27(35-25)28-34-14-15-46-28/h9,12,14-15,17-18,20,26,36H,6-8,10-11,13,16H2,1-5H3/t18-,20-,26?. The van der Waals surface area contributed by atoms with E-state index in [-0.39, 0.29) is 40.9 Å². The van der Waals surface area contributed by atoms with Gasteiger partial charge in [0, 0.05) is 28.6 Å². The van der Waals surface area contributed by atoms with E-state index in [2.05, 4.69) is 9.71 Å². The summed E-state index contributed by atoms with van der Waals surface area (Å²) in [5.74, 6) is -2.62. The van der Waals surface area contributed by atoms with Crippen LogP contribution in [0.1, 0.15) is 76.4 Å². The maximum absolute atomic E-state index is 14.3. The second-order valence-electron chi connectivity index (χ2n) is 12.0. The molecule has 256 valence electrons. The van der Waals surface area contributed by atoms with Crippen molar-refractivity contribution in [3.8, 4) is 0 Å². The van der Waals surface area contributed by atoms with E-state index in [9.17, 15) is 27.2 Å². The lowest BCUT2D eigenvalue weighted by Crippen LogP contribution is -2.48. The molecule has 2 aliphatic rings. The highest BCUT2D eigenvalue weighted by Crippen LogP contribution is 2.45. The third kappa shape index (κ3) is 9.15. The van der Waals surface area contributed by atoms with E-state index in [0.29, 0.717) is 36.4 Å². The summed E-state index contributed by atoms with van der Waals surface area (Å²) in [6.45, 7) is 6.89. The second kappa shape index (κ2) is 15.2. The minimum Gasteiger partial charge on any atom is -0.466 e. The first-order chi connectivity index (χ1) is 22.1. The normalized spacial score (nSPS) is 20.4. The number of ether oxygens (including phenoxy) is 3. The van der Waals surface area contributed by atoms with Crippen LogP contribution in [0, 0.1) is 11.7 Å². The molecule has 1 atom stereocenters. The molecule has 2 aromatic rings. The zero-order valence-corrected chi connectivity index (χ0v) is 29.1. The van der Waals surface area contributed by atoms with E-state index in [1.165, 1.54) is 35.5 Å². The molecule has 0 saturated heterocycles. The molecule has 1 aromatic carbocycles. The fraction of sp³-hybridized carbons (Fsp3) is 0.516. The number of amidine groups is 1. The molecular weight excluding hydrogens is 675 g/mol. The average Bonchev–Trinajstić information content (AvgIpc) is 3.53. The summed E-state index contributed by atoms with van der Waals surface area (Å²) in [7, 11) is -2.56. The van der Waals surface area contributed by atoms with Crippen molar-refractivity contribution in [2.24, 2.45) is 10.9 Å². The maximum atomic E-state index is 14.3. The molecule has 0 radical (unpaired) electrons. The molecule has 0 spiro atoms. The van der Waals surface area contributed by atoms with Gasteiger partial charge in [0.15, 0.2) is 10.8 Å². The molecule has 1 saturated carbocycles. The van der Waals surface area contributed by atoms with Gasteiger partial charge in [-0.25, -0.2) is 42.0 Å². The number of amides is 1. The monoisotopic (exact) mass is 712 g/mol. The predicted molar refractivity (Wildman–Crippen MR) is 174 cm³/mol. The number of methoxy groups -OCH3 is 1. The smallest absolute Gasteiger partial charge is 0.416 e. The van der Waals surface area contributed by atoms with Gasteiger partial charge in [0.2, 0.25) is 10.0 Å². The fourth-order valence-corrected chi connectivity index (χ4v) is 7.70. The maximum Gasteiger partial charge on any atom is 0.416 e. The first-order valence-electron chi connectivity index (χ1n) is 15.1. The summed E-state index contributed by atoms with van der Waals surface area (Å²) >= 11 is 7.81. The summed E-state index contributed by atoms with van der Waals surface area (Å²) < 4.78 is 58.2. The number of hydrogen-bond donors (Lipinski definition) is 1. The van der Waals surface area contributed by atoms with Gasteiger partial charge in [-0.2, -0.15) is 0 Å². The fourth-order valence-electron chi connectivity index (χ4n) is 5.51. The number of carbonyl (C=O) groups is 3. The van der Waals surface area contributed by atoms with Gasteiger partial charge in [-0.3, -0.25) is 4.79 Å². The Morgan fingerprint density at radius 1 is 1.17 bits per heavy atom. The van der Waals surface area contributed by atoms with Gasteiger partial charge >= 0.3 is 18.0 Å². The number of nitrogens with one attached hydrogen (secondary N) is 1. The Morgan fingerprint density at radius 2 is 1.87 bits per heavy atom. The van der Waals surface area contributed by atoms with Gasteiger partial charge in [-0.05, 0) is 71.1 Å². The van der Waals surface area contributed by atoms with Crippen molar-refractivity contribution in [3.05, 3.63) is 62.5 Å². The summed E-state index contributed by atoms with van der Waals surface area (Å²) in [5, 5.41) is 2.04. The number of benzene rings is 1. The highest BCUT2D eigenvalue weighted by Gasteiger charge is 2.46. The van der Waals surface area contributed by atoms with Crippen LogP contribution in [-0.2, 0) is 33.8 Å². The highest BCUT2D eigenvalue weighted by molar-refractivity contribution is 7.89. The second-order valence-corrected chi connectivity index (χ2v) is 15.2. The number of allylic oxidation sites excluding steroid dienone is 1. The number of sulfonamides is 1. The highest BCUT2D eigenvalue weighted by atomic mass is 35.5. The Kier molecular flexibility index (Phi) is 11.8. The number of aliphatic imine (C=N–C) groups is 1. The van der Waals surface area contributed by atoms with Crippen molar-refractivity contribution < 1.29 is 41.4 Å². The number of halogens is 2. The lowest BCUT2D eigenvalue weighted by atomic mass is 9.80. The van der Waals surface area contributed by atoms with Gasteiger partial charge in [-0.15, -0.1) is 11.3 Å². The van der Waals surface area contributed by atoms with E-state index in [4.69, 9.17) is 30.8 Å². The van der Waals surface area contributed by atoms with E-state index >= 15 is 0 Å². The van der Waals surface area contributed by atoms with Crippen LogP contribution >= 0.6 is 22.9 Å². The topological polar surface area (TPSA) is 154 Å². The largest absolute Gasteiger partial charge is 0.466 e. The van der Waals surface area contributed by atoms with E-state index in [0.717, 1.165) is 6.07 Å². The van der Waals surface area contributed by atoms with Crippen LogP contribution in [0.15, 0.2) is 46.0 Å². The van der Waals surface area contributed by atoms with E-state index in [1.807, 2.05) is 0 Å². The van der Waals surface area contributed by atoms with Gasteiger partial charge < -0.3 is 14.2 Å². The zero-order valence-electron chi connectivity index (χ0n) is 26.7. The number of esters is 2. The molecule has 2 heterocycles. The first kappa shape index (κ1) is 36.4. The van der Waals surface area contributed by atoms with E-state index < -0.39 is 57.3 Å². The van der Waals surface area contributed by atoms with Crippen LogP contribution in [0.2, 0.25) is 5.02 Å². The van der Waals surface area contributed by atoms with Gasteiger partial charge in [-0.1, -0.05) is 17.7 Å². The molecule has 12 nitrogen and oxygen atoms in total. The summed E-state index contributed by atoms with van der Waals surface area (Å²) in [4.78, 5) is 49.8. The molecule has 16 heteroatoms. The van der Waals surface area contributed by atoms with Gasteiger partial charge in [0.25, 0.3) is 0 Å². The quantitative estimate of drug-likeness (QED) is 0.247. The molecule has 4 rings (SSSR count). The summed E-state index contributed by atoms with van der Waals surface area (Å²) in [6, 6.07) is 2.03. The lowest BCUT2D eigenvalue weighted by Gasteiger charge is -2.40. The van der Waals surface area contributed by atoms with Crippen molar-refractivity contribution in [2.75, 3.05) is 19.5 Å². The zero-order chi connectivity index (χ0) is 34.5. The van der Waals surface area contributed by atoms with Crippen LogP contribution in [0.4, 0.5) is 9.18 Å². The Balaban J connectivity index is 1.76. The van der Waals surface area contributed by atoms with Crippen LogP contribution in [0.25, 0.3) is 0 Å². The molecule has 0 bridgehead atoms. The molecule has 47 heavy (non-hydrogen) atoms. The van der Waals surface area contributed by atoms with Crippen LogP contribution in [-0.4, -0.2) is 73.3 Å². The number of thiazole rings is 1. The number of aromatic nitrogens is 1. The average molecular weight is 713 g/mol. The molecule has 1 amide bonds. The van der Waals surface area contributed by atoms with Crippen molar-refractivity contribution in [1.29, 1.82) is 0 Å².